The number of nitrogens with zero attached hydrogens (tertiary/aromatic N) is 2. The largest absolute Gasteiger partial charge is 0.364 e. The van der Waals surface area contributed by atoms with Gasteiger partial charge in [0, 0.05) is 5.69 Å². The predicted molar refractivity (Wildman–Crippen MR) is 97.0 cm³/mol. The third kappa shape index (κ3) is 5.68. The molecule has 0 aliphatic rings. The minimum Gasteiger partial charge on any atom is -0.364 e. The van der Waals surface area contributed by atoms with E-state index in [1.165, 1.54) is 0 Å². The number of halogens is 2. The van der Waals surface area contributed by atoms with E-state index in [4.69, 9.17) is 5.73 Å². The average Bonchev–Trinajstić information content (AvgIpc) is 2.56. The summed E-state index contributed by atoms with van der Waals surface area (Å²) in [5, 5.41) is 5.43. The fourth-order valence-electron chi connectivity index (χ4n) is 2.30. The second-order valence-corrected chi connectivity index (χ2v) is 6.09. The molecule has 6 N–H and O–H groups in total. The maximum atomic E-state index is 12.9. The zero-order chi connectivity index (χ0) is 20.2. The summed E-state index contributed by atoms with van der Waals surface area (Å²) < 4.78 is 25.9. The Hall–Kier alpha value is -3.14. The summed E-state index contributed by atoms with van der Waals surface area (Å²) >= 11 is 0. The Bertz CT molecular complexity index is 854. The molecule has 1 aromatic carbocycles. The summed E-state index contributed by atoms with van der Waals surface area (Å²) in [6, 6.07) is 0.680. The quantitative estimate of drug-likeness (QED) is 0.406. The minimum atomic E-state index is -3.53. The molecule has 1 amide bonds. The number of anilines is 3. The van der Waals surface area contributed by atoms with Crippen molar-refractivity contribution in [2.75, 3.05) is 10.6 Å². The second-order valence-electron chi connectivity index (χ2n) is 6.09. The first kappa shape index (κ1) is 20.2. The number of rotatable bonds is 8. The SMILES string of the molecule is Cc1ccc(Nc2nc(NC(C=O)CC(N)(F)F)cnc2C(N)=O)cc1C. The van der Waals surface area contributed by atoms with Crippen molar-refractivity contribution >= 4 is 29.5 Å². The first-order valence-corrected chi connectivity index (χ1v) is 7.98. The Kier molecular flexibility index (Phi) is 6.01. The van der Waals surface area contributed by atoms with Crippen molar-refractivity contribution in [1.29, 1.82) is 0 Å². The summed E-state index contributed by atoms with van der Waals surface area (Å²) in [7, 11) is 0. The van der Waals surface area contributed by atoms with Gasteiger partial charge in [-0.3, -0.25) is 10.5 Å². The standard InChI is InChI=1S/C17H20F2N6O2/c1-9-3-4-11(5-10(9)2)24-16-14(15(20)27)22-7-13(25-16)23-12(8-26)6-17(18,19)21/h3-5,7-8,12H,6,21H2,1-2H3,(H2,20,27)(H2,23,24,25). The number of amides is 1. The van der Waals surface area contributed by atoms with Crippen molar-refractivity contribution in [3.05, 3.63) is 41.2 Å². The van der Waals surface area contributed by atoms with Crippen molar-refractivity contribution in [3.8, 4) is 0 Å². The number of alkyl halides is 2. The number of aldehydes is 1. The van der Waals surface area contributed by atoms with E-state index in [0.717, 1.165) is 17.3 Å². The van der Waals surface area contributed by atoms with E-state index in [9.17, 15) is 18.4 Å². The monoisotopic (exact) mass is 378 g/mol. The molecule has 0 radical (unpaired) electrons. The Morgan fingerprint density at radius 2 is 2.04 bits per heavy atom. The van der Waals surface area contributed by atoms with E-state index < -0.39 is 24.4 Å². The number of aryl methyl sites for hydroxylation is 2. The van der Waals surface area contributed by atoms with Gasteiger partial charge in [0.05, 0.1) is 18.7 Å². The van der Waals surface area contributed by atoms with Crippen LogP contribution >= 0.6 is 0 Å². The number of hydrogen-bond donors (Lipinski definition) is 4. The van der Waals surface area contributed by atoms with Crippen LogP contribution in [-0.4, -0.2) is 34.2 Å². The van der Waals surface area contributed by atoms with Crippen molar-refractivity contribution in [2.45, 2.75) is 32.4 Å². The van der Waals surface area contributed by atoms with Crippen LogP contribution in [0.3, 0.4) is 0 Å². The van der Waals surface area contributed by atoms with Gasteiger partial charge in [0.1, 0.15) is 12.1 Å². The fourth-order valence-corrected chi connectivity index (χ4v) is 2.30. The lowest BCUT2D eigenvalue weighted by Gasteiger charge is -2.18. The molecule has 1 unspecified atom stereocenters. The topological polar surface area (TPSA) is 136 Å². The van der Waals surface area contributed by atoms with E-state index in [0.29, 0.717) is 12.0 Å². The highest BCUT2D eigenvalue weighted by Gasteiger charge is 2.28. The smallest absolute Gasteiger partial charge is 0.302 e. The Morgan fingerprint density at radius 1 is 1.33 bits per heavy atom. The molecule has 1 atom stereocenters. The lowest BCUT2D eigenvalue weighted by molar-refractivity contribution is -0.110. The third-order valence-corrected chi connectivity index (χ3v) is 3.77. The molecule has 0 spiro atoms. The number of primary amides is 1. The summed E-state index contributed by atoms with van der Waals surface area (Å²) in [6.45, 7) is 3.87. The zero-order valence-corrected chi connectivity index (χ0v) is 14.8. The highest BCUT2D eigenvalue weighted by Crippen LogP contribution is 2.22. The molecule has 1 aromatic heterocycles. The van der Waals surface area contributed by atoms with Crippen molar-refractivity contribution in [2.24, 2.45) is 11.5 Å². The van der Waals surface area contributed by atoms with Crippen molar-refractivity contribution in [1.82, 2.24) is 9.97 Å². The molecule has 0 fully saturated rings. The Morgan fingerprint density at radius 3 is 2.59 bits per heavy atom. The van der Waals surface area contributed by atoms with Gasteiger partial charge in [-0.1, -0.05) is 6.07 Å². The normalized spacial score (nSPS) is 12.3. The summed E-state index contributed by atoms with van der Waals surface area (Å²) in [5.74, 6) is -0.784. The van der Waals surface area contributed by atoms with Crippen LogP contribution in [0.5, 0.6) is 0 Å². The maximum absolute atomic E-state index is 12.9. The van der Waals surface area contributed by atoms with Gasteiger partial charge in [-0.05, 0) is 37.1 Å². The molecule has 2 rings (SSSR count). The van der Waals surface area contributed by atoms with Crippen molar-refractivity contribution < 1.29 is 18.4 Å². The van der Waals surface area contributed by atoms with Gasteiger partial charge in [-0.2, -0.15) is 8.78 Å². The van der Waals surface area contributed by atoms with E-state index in [2.05, 4.69) is 26.3 Å². The van der Waals surface area contributed by atoms with E-state index in [1.807, 2.05) is 26.0 Å². The summed E-state index contributed by atoms with van der Waals surface area (Å²) in [6.07, 6.45) is 0.493. The number of hydrogen-bond acceptors (Lipinski definition) is 7. The number of nitrogens with one attached hydrogen (secondary N) is 2. The number of aromatic nitrogens is 2. The molecule has 0 aliphatic carbocycles. The van der Waals surface area contributed by atoms with Crippen LogP contribution in [0.1, 0.15) is 28.0 Å². The van der Waals surface area contributed by atoms with Gasteiger partial charge in [0.2, 0.25) is 0 Å². The molecule has 2 aromatic rings. The van der Waals surface area contributed by atoms with Gasteiger partial charge in [0.15, 0.2) is 11.5 Å². The van der Waals surface area contributed by atoms with Gasteiger partial charge < -0.3 is 21.2 Å². The molecule has 1 heterocycles. The van der Waals surface area contributed by atoms with Crippen molar-refractivity contribution in [3.63, 3.8) is 0 Å². The fraction of sp³-hybridized carbons (Fsp3) is 0.294. The first-order chi connectivity index (χ1) is 12.6. The highest BCUT2D eigenvalue weighted by atomic mass is 19.3. The van der Waals surface area contributed by atoms with Crippen LogP contribution < -0.4 is 22.1 Å². The maximum Gasteiger partial charge on any atom is 0.302 e. The van der Waals surface area contributed by atoms with Gasteiger partial charge in [0.25, 0.3) is 5.91 Å². The molecule has 10 heteroatoms. The minimum absolute atomic E-state index is 0.00711. The van der Waals surface area contributed by atoms with E-state index in [-0.39, 0.29) is 17.3 Å². The first-order valence-electron chi connectivity index (χ1n) is 7.98. The summed E-state index contributed by atoms with van der Waals surface area (Å²) in [4.78, 5) is 30.6. The zero-order valence-electron chi connectivity index (χ0n) is 14.8. The Labute approximate surface area is 154 Å². The van der Waals surface area contributed by atoms with Crippen LogP contribution in [0.4, 0.5) is 26.1 Å². The van der Waals surface area contributed by atoms with Gasteiger partial charge >= 0.3 is 6.05 Å². The van der Waals surface area contributed by atoms with E-state index >= 15 is 0 Å². The molecule has 0 bridgehead atoms. The number of nitrogens with two attached hydrogens (primary N) is 2. The number of benzene rings is 1. The molecular formula is C17H20F2N6O2. The molecular weight excluding hydrogens is 358 g/mol. The van der Waals surface area contributed by atoms with Crippen LogP contribution in [0, 0.1) is 13.8 Å². The lowest BCUT2D eigenvalue weighted by Crippen LogP contribution is -2.37. The number of carbonyl (C=O) groups is 2. The number of carbonyl (C=O) groups excluding carboxylic acids is 2. The molecule has 0 saturated heterocycles. The van der Waals surface area contributed by atoms with Gasteiger partial charge in [-0.15, -0.1) is 0 Å². The highest BCUT2D eigenvalue weighted by molar-refractivity contribution is 5.96. The average molecular weight is 378 g/mol. The second kappa shape index (κ2) is 8.04. The molecule has 8 nitrogen and oxygen atoms in total. The molecule has 0 saturated carbocycles. The lowest BCUT2D eigenvalue weighted by atomic mass is 10.1. The van der Waals surface area contributed by atoms with Gasteiger partial charge in [-0.25, -0.2) is 9.97 Å². The third-order valence-electron chi connectivity index (χ3n) is 3.77. The van der Waals surface area contributed by atoms with Crippen LogP contribution in [0.25, 0.3) is 0 Å². The van der Waals surface area contributed by atoms with Crippen LogP contribution in [0.2, 0.25) is 0 Å². The van der Waals surface area contributed by atoms with Crippen LogP contribution in [-0.2, 0) is 4.79 Å². The molecule has 27 heavy (non-hydrogen) atoms. The Balaban J connectivity index is 2.31. The van der Waals surface area contributed by atoms with E-state index in [1.54, 1.807) is 6.07 Å². The molecule has 144 valence electrons. The van der Waals surface area contributed by atoms with Crippen LogP contribution in [0.15, 0.2) is 24.4 Å². The summed E-state index contributed by atoms with van der Waals surface area (Å²) in [5.41, 5.74) is 12.5. The molecule has 0 aliphatic heterocycles. The predicted octanol–water partition coefficient (Wildman–Crippen LogP) is 1.86.